The minimum absolute atomic E-state index is 0.184. The third-order valence-electron chi connectivity index (χ3n) is 1.97. The Morgan fingerprint density at radius 3 is 2.86 bits per heavy atom. The van der Waals surface area contributed by atoms with E-state index in [2.05, 4.69) is 21.2 Å². The number of nitrogens with two attached hydrogens (primary N) is 1. The van der Waals surface area contributed by atoms with Crippen LogP contribution in [0, 0.1) is 5.92 Å². The summed E-state index contributed by atoms with van der Waals surface area (Å²) in [6, 6.07) is 5.71. The van der Waals surface area contributed by atoms with Gasteiger partial charge < -0.3 is 16.2 Å². The van der Waals surface area contributed by atoms with E-state index in [1.54, 1.807) is 0 Å². The first kappa shape index (κ1) is 11.3. The van der Waals surface area contributed by atoms with E-state index in [9.17, 15) is 0 Å². The van der Waals surface area contributed by atoms with Crippen LogP contribution < -0.4 is 11.1 Å². The van der Waals surface area contributed by atoms with E-state index >= 15 is 0 Å². The summed E-state index contributed by atoms with van der Waals surface area (Å²) >= 11 is 3.34. The maximum atomic E-state index is 8.85. The van der Waals surface area contributed by atoms with Gasteiger partial charge in [-0.25, -0.2) is 0 Å². The van der Waals surface area contributed by atoms with Crippen LogP contribution in [-0.2, 0) is 0 Å². The number of aliphatic hydroxyl groups is 1. The van der Waals surface area contributed by atoms with Crippen molar-refractivity contribution in [3.8, 4) is 0 Å². The minimum atomic E-state index is 0.184. The molecule has 1 unspecified atom stereocenters. The molecule has 1 aromatic rings. The molecular formula is C10H15BrN2O. The van der Waals surface area contributed by atoms with Crippen LogP contribution in [-0.4, -0.2) is 18.3 Å². The van der Waals surface area contributed by atoms with Crippen LogP contribution in [0.5, 0.6) is 0 Å². The molecule has 0 spiro atoms. The van der Waals surface area contributed by atoms with E-state index in [0.717, 1.165) is 16.7 Å². The molecule has 3 nitrogen and oxygen atoms in total. The first-order chi connectivity index (χ1) is 6.63. The molecule has 0 radical (unpaired) electrons. The average Bonchev–Trinajstić information content (AvgIpc) is 2.16. The molecule has 1 rings (SSSR count). The average molecular weight is 259 g/mol. The van der Waals surface area contributed by atoms with Crippen LogP contribution in [0.25, 0.3) is 0 Å². The largest absolute Gasteiger partial charge is 0.397 e. The zero-order chi connectivity index (χ0) is 10.6. The van der Waals surface area contributed by atoms with Gasteiger partial charge >= 0.3 is 0 Å². The van der Waals surface area contributed by atoms with Gasteiger partial charge in [0.1, 0.15) is 0 Å². The van der Waals surface area contributed by atoms with Gasteiger partial charge in [0.2, 0.25) is 0 Å². The van der Waals surface area contributed by atoms with E-state index in [1.165, 1.54) is 0 Å². The molecule has 0 aliphatic rings. The summed E-state index contributed by atoms with van der Waals surface area (Å²) in [5.74, 6) is 0.234. The van der Waals surface area contributed by atoms with E-state index < -0.39 is 0 Å². The molecule has 0 heterocycles. The van der Waals surface area contributed by atoms with Gasteiger partial charge in [-0.05, 0) is 24.1 Å². The lowest BCUT2D eigenvalue weighted by Gasteiger charge is -2.12. The fourth-order valence-corrected chi connectivity index (χ4v) is 1.42. The Morgan fingerprint density at radius 1 is 1.57 bits per heavy atom. The summed E-state index contributed by atoms with van der Waals surface area (Å²) in [6.07, 6.45) is 0. The van der Waals surface area contributed by atoms with Gasteiger partial charge in [-0.15, -0.1) is 0 Å². The monoisotopic (exact) mass is 258 g/mol. The second-order valence-electron chi connectivity index (χ2n) is 3.40. The summed E-state index contributed by atoms with van der Waals surface area (Å²) < 4.78 is 0.968. The molecule has 0 fully saturated rings. The Hall–Kier alpha value is -0.740. The minimum Gasteiger partial charge on any atom is -0.397 e. The molecule has 0 bridgehead atoms. The Morgan fingerprint density at radius 2 is 2.29 bits per heavy atom. The highest BCUT2D eigenvalue weighted by atomic mass is 79.9. The number of aliphatic hydroxyl groups excluding tert-OH is 1. The Balaban J connectivity index is 2.59. The predicted octanol–water partition coefficient (Wildman–Crippen LogP) is 2.07. The van der Waals surface area contributed by atoms with Gasteiger partial charge in [0.15, 0.2) is 0 Å². The highest BCUT2D eigenvalue weighted by Gasteiger charge is 2.02. The van der Waals surface area contributed by atoms with Crippen molar-refractivity contribution >= 4 is 27.3 Å². The lowest BCUT2D eigenvalue weighted by Crippen LogP contribution is -2.15. The summed E-state index contributed by atoms with van der Waals surface area (Å²) in [5.41, 5.74) is 7.42. The number of hydrogen-bond donors (Lipinski definition) is 3. The normalized spacial score (nSPS) is 12.5. The van der Waals surface area contributed by atoms with Gasteiger partial charge in [-0.3, -0.25) is 0 Å². The van der Waals surface area contributed by atoms with Gasteiger partial charge in [-0.1, -0.05) is 22.9 Å². The van der Waals surface area contributed by atoms with Crippen molar-refractivity contribution in [2.24, 2.45) is 5.92 Å². The summed E-state index contributed by atoms with van der Waals surface area (Å²) in [5, 5.41) is 12.0. The van der Waals surface area contributed by atoms with Crippen LogP contribution >= 0.6 is 15.9 Å². The zero-order valence-electron chi connectivity index (χ0n) is 8.13. The Labute approximate surface area is 92.4 Å². The first-order valence-corrected chi connectivity index (χ1v) is 5.32. The fourth-order valence-electron chi connectivity index (χ4n) is 1.04. The molecule has 1 atom stereocenters. The van der Waals surface area contributed by atoms with E-state index in [0.29, 0.717) is 5.69 Å². The van der Waals surface area contributed by atoms with E-state index in [4.69, 9.17) is 10.8 Å². The van der Waals surface area contributed by atoms with E-state index in [1.807, 2.05) is 25.1 Å². The summed E-state index contributed by atoms with van der Waals surface area (Å²) in [4.78, 5) is 0. The van der Waals surface area contributed by atoms with Crippen molar-refractivity contribution in [2.45, 2.75) is 6.92 Å². The predicted molar refractivity (Wildman–Crippen MR) is 63.3 cm³/mol. The molecule has 0 saturated carbocycles. The Bertz CT molecular complexity index is 304. The second-order valence-corrected chi connectivity index (χ2v) is 4.32. The van der Waals surface area contributed by atoms with Crippen LogP contribution in [0.1, 0.15) is 6.92 Å². The third kappa shape index (κ3) is 3.20. The molecule has 78 valence electrons. The third-order valence-corrected chi connectivity index (χ3v) is 2.46. The van der Waals surface area contributed by atoms with Gasteiger partial charge in [0, 0.05) is 17.6 Å². The summed E-state index contributed by atoms with van der Waals surface area (Å²) in [6.45, 7) is 2.88. The van der Waals surface area contributed by atoms with Gasteiger partial charge in [-0.2, -0.15) is 0 Å². The topological polar surface area (TPSA) is 58.3 Å². The van der Waals surface area contributed by atoms with Crippen LogP contribution in [0.2, 0.25) is 0 Å². The van der Waals surface area contributed by atoms with Crippen LogP contribution in [0.15, 0.2) is 22.7 Å². The highest BCUT2D eigenvalue weighted by Crippen LogP contribution is 2.22. The van der Waals surface area contributed by atoms with Crippen molar-refractivity contribution in [3.05, 3.63) is 22.7 Å². The number of halogens is 1. The highest BCUT2D eigenvalue weighted by molar-refractivity contribution is 9.10. The summed E-state index contributed by atoms with van der Waals surface area (Å²) in [7, 11) is 0. The smallest absolute Gasteiger partial charge is 0.0574 e. The molecule has 0 saturated heterocycles. The lowest BCUT2D eigenvalue weighted by molar-refractivity contribution is 0.244. The van der Waals surface area contributed by atoms with Crippen molar-refractivity contribution < 1.29 is 5.11 Å². The van der Waals surface area contributed by atoms with Crippen molar-refractivity contribution in [1.82, 2.24) is 0 Å². The molecule has 1 aromatic carbocycles. The number of anilines is 2. The number of nitrogen functional groups attached to an aromatic ring is 1. The Kier molecular flexibility index (Phi) is 4.22. The maximum absolute atomic E-state index is 8.85. The molecule has 0 amide bonds. The fraction of sp³-hybridized carbons (Fsp3) is 0.400. The number of rotatable bonds is 4. The molecule has 4 heteroatoms. The second kappa shape index (κ2) is 5.22. The lowest BCUT2D eigenvalue weighted by atomic mass is 10.2. The van der Waals surface area contributed by atoms with Gasteiger partial charge in [0.25, 0.3) is 0 Å². The van der Waals surface area contributed by atoms with Crippen LogP contribution in [0.3, 0.4) is 0 Å². The van der Waals surface area contributed by atoms with Crippen LogP contribution in [0.4, 0.5) is 11.4 Å². The quantitative estimate of drug-likeness (QED) is 0.725. The molecule has 0 aliphatic carbocycles. The number of benzene rings is 1. The molecule has 0 aromatic heterocycles. The van der Waals surface area contributed by atoms with Crippen molar-refractivity contribution in [1.29, 1.82) is 0 Å². The van der Waals surface area contributed by atoms with Gasteiger partial charge in [0.05, 0.1) is 11.4 Å². The maximum Gasteiger partial charge on any atom is 0.0574 e. The standard InChI is InChI=1S/C10H15BrN2O/c1-7(6-14)5-13-10-3-2-8(11)4-9(10)12/h2-4,7,13-14H,5-6,12H2,1H3. The zero-order valence-corrected chi connectivity index (χ0v) is 9.71. The molecule has 4 N–H and O–H groups in total. The first-order valence-electron chi connectivity index (χ1n) is 4.53. The number of nitrogens with one attached hydrogen (secondary N) is 1. The molecular weight excluding hydrogens is 244 g/mol. The van der Waals surface area contributed by atoms with Crippen molar-refractivity contribution in [3.63, 3.8) is 0 Å². The SMILES string of the molecule is CC(CO)CNc1ccc(Br)cc1N. The van der Waals surface area contributed by atoms with E-state index in [-0.39, 0.29) is 12.5 Å². The number of hydrogen-bond acceptors (Lipinski definition) is 3. The van der Waals surface area contributed by atoms with Crippen molar-refractivity contribution in [2.75, 3.05) is 24.2 Å². The molecule has 0 aliphatic heterocycles. The molecule has 14 heavy (non-hydrogen) atoms.